The molecule has 0 fully saturated rings. The van der Waals surface area contributed by atoms with Gasteiger partial charge in [-0.05, 0) is 33.9 Å². The van der Waals surface area contributed by atoms with Gasteiger partial charge in [0, 0.05) is 12.1 Å². The van der Waals surface area contributed by atoms with Gasteiger partial charge in [0.15, 0.2) is 0 Å². The van der Waals surface area contributed by atoms with Gasteiger partial charge in [-0.25, -0.2) is 0 Å². The predicted molar refractivity (Wildman–Crippen MR) is 60.1 cm³/mol. The molecule has 0 aliphatic carbocycles. The van der Waals surface area contributed by atoms with Crippen molar-refractivity contribution in [1.29, 1.82) is 0 Å². The van der Waals surface area contributed by atoms with E-state index in [1.165, 1.54) is 0 Å². The first-order chi connectivity index (χ1) is 5.45. The fourth-order valence-corrected chi connectivity index (χ4v) is 1.82. The van der Waals surface area contributed by atoms with Crippen molar-refractivity contribution in [2.75, 3.05) is 0 Å². The Morgan fingerprint density at radius 1 is 1.08 bits per heavy atom. The monoisotopic (exact) mass is 225 g/mol. The van der Waals surface area contributed by atoms with Crippen molar-refractivity contribution in [2.45, 2.75) is 39.8 Å². The van der Waals surface area contributed by atoms with E-state index in [9.17, 15) is 0 Å². The first kappa shape index (κ1) is 12.3. The third-order valence-corrected chi connectivity index (χ3v) is 2.93. The van der Waals surface area contributed by atoms with Crippen LogP contribution in [0.1, 0.15) is 27.7 Å². The largest absolute Gasteiger partial charge is 0.373 e. The van der Waals surface area contributed by atoms with Crippen molar-refractivity contribution in [1.82, 2.24) is 4.90 Å². The highest BCUT2D eigenvalue weighted by atomic mass is 35.7. The highest BCUT2D eigenvalue weighted by Gasteiger charge is 2.08. The third-order valence-electron chi connectivity index (χ3n) is 1.60. The Hall–Kier alpha value is 0.337. The van der Waals surface area contributed by atoms with Crippen LogP contribution >= 0.6 is 22.2 Å². The molecule has 0 heterocycles. The minimum absolute atomic E-state index is 0.502. The lowest BCUT2D eigenvalue weighted by atomic mass is 10.2. The van der Waals surface area contributed by atoms with Crippen molar-refractivity contribution < 1.29 is 0 Å². The SMILES string of the molecule is CC(C)N(C=C[SiH](Cl)Cl)C(C)C. The fraction of sp³-hybridized carbons (Fsp3) is 0.750. The molecule has 1 nitrogen and oxygen atoms in total. The Morgan fingerprint density at radius 2 is 1.50 bits per heavy atom. The van der Waals surface area contributed by atoms with Crippen LogP contribution in [0.3, 0.4) is 0 Å². The van der Waals surface area contributed by atoms with E-state index in [1.54, 1.807) is 0 Å². The van der Waals surface area contributed by atoms with Crippen molar-refractivity contribution in [3.63, 3.8) is 0 Å². The van der Waals surface area contributed by atoms with Crippen LogP contribution in [0.5, 0.6) is 0 Å². The van der Waals surface area contributed by atoms with E-state index >= 15 is 0 Å². The smallest absolute Gasteiger partial charge is 0.261 e. The van der Waals surface area contributed by atoms with Gasteiger partial charge in [0.1, 0.15) is 0 Å². The van der Waals surface area contributed by atoms with Gasteiger partial charge in [-0.3, -0.25) is 0 Å². The molecule has 0 aliphatic heterocycles. The van der Waals surface area contributed by atoms with Crippen LogP contribution < -0.4 is 0 Å². The van der Waals surface area contributed by atoms with E-state index in [1.807, 2.05) is 11.9 Å². The van der Waals surface area contributed by atoms with Crippen LogP contribution in [0, 0.1) is 0 Å². The van der Waals surface area contributed by atoms with Crippen LogP contribution in [-0.4, -0.2) is 24.4 Å². The van der Waals surface area contributed by atoms with Crippen LogP contribution in [0.15, 0.2) is 11.9 Å². The molecule has 12 heavy (non-hydrogen) atoms. The summed E-state index contributed by atoms with van der Waals surface area (Å²) in [5.41, 5.74) is 1.92. The maximum absolute atomic E-state index is 5.72. The van der Waals surface area contributed by atoms with Crippen molar-refractivity contribution in [3.8, 4) is 0 Å². The quantitative estimate of drug-likeness (QED) is 0.526. The summed E-state index contributed by atoms with van der Waals surface area (Å²) in [5.74, 6) is 0. The van der Waals surface area contributed by atoms with Gasteiger partial charge >= 0.3 is 0 Å². The van der Waals surface area contributed by atoms with Crippen LogP contribution in [0.4, 0.5) is 0 Å². The van der Waals surface area contributed by atoms with E-state index in [0.717, 1.165) is 0 Å². The second-order valence-corrected chi connectivity index (χ2v) is 7.86. The molecule has 0 amide bonds. The van der Waals surface area contributed by atoms with Crippen LogP contribution in [0.2, 0.25) is 0 Å². The number of hydrogen-bond donors (Lipinski definition) is 0. The summed E-state index contributed by atoms with van der Waals surface area (Å²) >= 11 is 11.4. The molecule has 0 N–H and O–H groups in total. The van der Waals surface area contributed by atoms with E-state index in [-0.39, 0.29) is 0 Å². The fourth-order valence-electron chi connectivity index (χ4n) is 1.10. The lowest BCUT2D eigenvalue weighted by molar-refractivity contribution is 0.256. The van der Waals surface area contributed by atoms with Crippen LogP contribution in [-0.2, 0) is 0 Å². The number of nitrogens with zero attached hydrogens (tertiary/aromatic N) is 1. The second kappa shape index (κ2) is 5.89. The summed E-state index contributed by atoms with van der Waals surface area (Å²) in [4.78, 5) is 2.24. The number of halogens is 2. The van der Waals surface area contributed by atoms with E-state index in [4.69, 9.17) is 22.2 Å². The summed E-state index contributed by atoms with van der Waals surface area (Å²) in [6, 6.07) is 1.00. The third kappa shape index (κ3) is 5.07. The van der Waals surface area contributed by atoms with Gasteiger partial charge in [-0.2, -0.15) is 0 Å². The normalized spacial score (nSPS) is 12.4. The Kier molecular flexibility index (Phi) is 6.06. The molecule has 72 valence electrons. The summed E-state index contributed by atoms with van der Waals surface area (Å²) in [6.07, 6.45) is 2.02. The molecule has 4 heteroatoms. The lowest BCUT2D eigenvalue weighted by Gasteiger charge is -2.29. The first-order valence-corrected chi connectivity index (χ1v) is 8.35. The number of rotatable bonds is 4. The molecule has 0 aromatic heterocycles. The second-order valence-electron chi connectivity index (χ2n) is 3.31. The molecule has 0 saturated heterocycles. The Labute approximate surface area is 86.4 Å². The zero-order chi connectivity index (χ0) is 9.72. The van der Waals surface area contributed by atoms with Gasteiger partial charge in [0.05, 0.1) is 0 Å². The van der Waals surface area contributed by atoms with Gasteiger partial charge < -0.3 is 4.90 Å². The zero-order valence-electron chi connectivity index (χ0n) is 8.09. The summed E-state index contributed by atoms with van der Waals surface area (Å²) in [7, 11) is -1.59. The first-order valence-electron chi connectivity index (χ1n) is 4.19. The minimum Gasteiger partial charge on any atom is -0.373 e. The molecule has 0 unspecified atom stereocenters. The van der Waals surface area contributed by atoms with Crippen molar-refractivity contribution in [3.05, 3.63) is 11.9 Å². The maximum Gasteiger partial charge on any atom is 0.261 e. The Balaban J connectivity index is 4.14. The lowest BCUT2D eigenvalue weighted by Crippen LogP contribution is -2.32. The van der Waals surface area contributed by atoms with Gasteiger partial charge in [-0.15, -0.1) is 22.2 Å². The van der Waals surface area contributed by atoms with Gasteiger partial charge in [0.2, 0.25) is 0 Å². The Morgan fingerprint density at radius 3 is 1.75 bits per heavy atom. The van der Waals surface area contributed by atoms with Crippen molar-refractivity contribution >= 4 is 29.6 Å². The average Bonchev–Trinajstić information content (AvgIpc) is 1.84. The molecule has 0 aromatic rings. The summed E-state index contributed by atoms with van der Waals surface area (Å²) in [5, 5.41) is 0. The molecule has 0 bridgehead atoms. The topological polar surface area (TPSA) is 3.24 Å². The summed E-state index contributed by atoms with van der Waals surface area (Å²) < 4.78 is 0. The van der Waals surface area contributed by atoms with Gasteiger partial charge in [0.25, 0.3) is 7.42 Å². The molecule has 0 radical (unpaired) electrons. The average molecular weight is 226 g/mol. The zero-order valence-corrected chi connectivity index (χ0v) is 10.8. The van der Waals surface area contributed by atoms with E-state index < -0.39 is 7.42 Å². The summed E-state index contributed by atoms with van der Waals surface area (Å²) in [6.45, 7) is 8.62. The molecule has 0 aliphatic rings. The van der Waals surface area contributed by atoms with Crippen LogP contribution in [0.25, 0.3) is 0 Å². The van der Waals surface area contributed by atoms with E-state index in [2.05, 4.69) is 32.6 Å². The standard InChI is InChI=1S/C8H17Cl2NSi/c1-7(2)11(8(3)4)5-6-12(9)10/h5-8,12H,1-4H3. The molecule has 0 rings (SSSR count). The molecule has 0 aromatic carbocycles. The molecule has 0 atom stereocenters. The molecular formula is C8H17Cl2NSi. The highest BCUT2D eigenvalue weighted by molar-refractivity contribution is 7.36. The molecular weight excluding hydrogens is 209 g/mol. The molecule has 0 saturated carbocycles. The highest BCUT2D eigenvalue weighted by Crippen LogP contribution is 2.07. The van der Waals surface area contributed by atoms with Gasteiger partial charge in [-0.1, -0.05) is 5.70 Å². The van der Waals surface area contributed by atoms with E-state index in [0.29, 0.717) is 12.1 Å². The van der Waals surface area contributed by atoms with Crippen molar-refractivity contribution in [2.24, 2.45) is 0 Å². The molecule has 0 spiro atoms. The Bertz CT molecular complexity index is 138. The predicted octanol–water partition coefficient (Wildman–Crippen LogP) is 2.86. The maximum atomic E-state index is 5.72. The number of hydrogen-bond acceptors (Lipinski definition) is 1. The minimum atomic E-state index is -1.59.